The van der Waals surface area contributed by atoms with Crippen LogP contribution < -0.4 is 10.2 Å². The van der Waals surface area contributed by atoms with E-state index < -0.39 is 10.8 Å². The predicted octanol–water partition coefficient (Wildman–Crippen LogP) is 4.49. The van der Waals surface area contributed by atoms with Crippen molar-refractivity contribution in [2.75, 3.05) is 23.3 Å². The Hall–Kier alpha value is -2.60. The normalized spacial score (nSPS) is 14.2. The summed E-state index contributed by atoms with van der Waals surface area (Å²) in [5.74, 6) is -0.460. The van der Waals surface area contributed by atoms with Crippen LogP contribution in [0.1, 0.15) is 29.6 Å². The van der Waals surface area contributed by atoms with Gasteiger partial charge in [-0.15, -0.1) is 0 Å². The summed E-state index contributed by atoms with van der Waals surface area (Å²) in [5, 5.41) is 14.0. The molecule has 0 saturated carbocycles. The number of nitrogens with one attached hydrogen (secondary N) is 1. The van der Waals surface area contributed by atoms with Crippen molar-refractivity contribution in [3.8, 4) is 0 Å². The topological polar surface area (TPSA) is 75.5 Å². The zero-order valence-electron chi connectivity index (χ0n) is 13.6. The van der Waals surface area contributed by atoms with Gasteiger partial charge in [0.1, 0.15) is 0 Å². The van der Waals surface area contributed by atoms with E-state index in [9.17, 15) is 14.9 Å². The maximum absolute atomic E-state index is 12.6. The highest BCUT2D eigenvalue weighted by atomic mass is 35.5. The van der Waals surface area contributed by atoms with E-state index in [1.54, 1.807) is 0 Å². The molecule has 0 spiro atoms. The van der Waals surface area contributed by atoms with Crippen LogP contribution in [0.4, 0.5) is 17.1 Å². The molecule has 0 aromatic heterocycles. The molecule has 0 radical (unpaired) electrons. The van der Waals surface area contributed by atoms with E-state index in [1.807, 2.05) is 24.3 Å². The van der Waals surface area contributed by atoms with Crippen LogP contribution in [-0.2, 0) is 0 Å². The highest BCUT2D eigenvalue weighted by Gasteiger charge is 2.19. The fraction of sp³-hybridized carbons (Fsp3) is 0.278. The Labute approximate surface area is 150 Å². The third-order valence-electron chi connectivity index (χ3n) is 4.25. The molecule has 1 saturated heterocycles. The molecule has 1 fully saturated rings. The molecule has 25 heavy (non-hydrogen) atoms. The van der Waals surface area contributed by atoms with Gasteiger partial charge < -0.3 is 10.2 Å². The summed E-state index contributed by atoms with van der Waals surface area (Å²) in [4.78, 5) is 25.2. The molecular formula is C18H18ClN3O3. The number of carbonyl (C=O) groups is 1. The van der Waals surface area contributed by atoms with Crippen LogP contribution >= 0.6 is 11.6 Å². The van der Waals surface area contributed by atoms with Gasteiger partial charge in [0.2, 0.25) is 0 Å². The Morgan fingerprint density at radius 1 is 1.12 bits per heavy atom. The number of nitro benzene ring substituents is 1. The van der Waals surface area contributed by atoms with Crippen molar-refractivity contribution in [1.82, 2.24) is 0 Å². The number of amides is 1. The number of hydrogen-bond donors (Lipinski definition) is 1. The van der Waals surface area contributed by atoms with Crippen molar-refractivity contribution in [2.24, 2.45) is 0 Å². The minimum absolute atomic E-state index is 0.0873. The number of piperidine rings is 1. The van der Waals surface area contributed by atoms with E-state index in [4.69, 9.17) is 11.6 Å². The number of benzene rings is 2. The number of nitrogens with zero attached hydrogens (tertiary/aromatic N) is 2. The van der Waals surface area contributed by atoms with Gasteiger partial charge in [0, 0.05) is 25.2 Å². The molecular weight excluding hydrogens is 342 g/mol. The number of non-ortho nitro benzene ring substituents is 1. The molecule has 2 aromatic carbocycles. The molecule has 0 unspecified atom stereocenters. The second-order valence-electron chi connectivity index (χ2n) is 5.94. The van der Waals surface area contributed by atoms with Crippen LogP contribution in [0.3, 0.4) is 0 Å². The quantitative estimate of drug-likeness (QED) is 0.644. The molecule has 2 aromatic rings. The molecule has 0 aliphatic carbocycles. The van der Waals surface area contributed by atoms with Crippen LogP contribution in [0, 0.1) is 10.1 Å². The molecule has 1 heterocycles. The van der Waals surface area contributed by atoms with Crippen molar-refractivity contribution in [2.45, 2.75) is 19.3 Å². The smallest absolute Gasteiger partial charge is 0.270 e. The van der Waals surface area contributed by atoms with E-state index in [1.165, 1.54) is 24.6 Å². The molecule has 1 aliphatic rings. The summed E-state index contributed by atoms with van der Waals surface area (Å²) in [5.41, 5.74) is 1.55. The zero-order valence-corrected chi connectivity index (χ0v) is 14.3. The lowest BCUT2D eigenvalue weighted by molar-refractivity contribution is -0.384. The largest absolute Gasteiger partial charge is 0.370 e. The summed E-state index contributed by atoms with van der Waals surface area (Å²) in [7, 11) is 0. The third kappa shape index (κ3) is 3.91. The van der Waals surface area contributed by atoms with E-state index in [2.05, 4.69) is 10.2 Å². The van der Waals surface area contributed by atoms with Crippen LogP contribution in [0.15, 0.2) is 42.5 Å². The number of nitro groups is 1. The van der Waals surface area contributed by atoms with Gasteiger partial charge in [0.25, 0.3) is 11.6 Å². The summed E-state index contributed by atoms with van der Waals surface area (Å²) in [6.45, 7) is 1.90. The number of hydrogen-bond acceptors (Lipinski definition) is 4. The van der Waals surface area contributed by atoms with Crippen molar-refractivity contribution in [3.05, 3.63) is 63.2 Å². The van der Waals surface area contributed by atoms with Crippen molar-refractivity contribution in [3.63, 3.8) is 0 Å². The van der Waals surface area contributed by atoms with Gasteiger partial charge in [-0.1, -0.05) is 23.7 Å². The first kappa shape index (κ1) is 17.2. The van der Waals surface area contributed by atoms with Crippen molar-refractivity contribution >= 4 is 34.6 Å². The fourth-order valence-electron chi connectivity index (χ4n) is 2.98. The first-order valence-corrected chi connectivity index (χ1v) is 8.53. The van der Waals surface area contributed by atoms with Crippen LogP contribution in [0.5, 0.6) is 0 Å². The number of halogens is 1. The average molecular weight is 360 g/mol. The van der Waals surface area contributed by atoms with Gasteiger partial charge in [-0.25, -0.2) is 0 Å². The average Bonchev–Trinajstić information content (AvgIpc) is 2.63. The maximum Gasteiger partial charge on any atom is 0.270 e. The minimum atomic E-state index is -0.547. The van der Waals surface area contributed by atoms with E-state index in [0.29, 0.717) is 5.69 Å². The van der Waals surface area contributed by atoms with Gasteiger partial charge in [-0.05, 0) is 37.5 Å². The third-order valence-corrected chi connectivity index (χ3v) is 4.58. The van der Waals surface area contributed by atoms with Gasteiger partial charge in [0.05, 0.1) is 26.9 Å². The van der Waals surface area contributed by atoms with Gasteiger partial charge in [-0.2, -0.15) is 0 Å². The summed E-state index contributed by atoms with van der Waals surface area (Å²) in [6.07, 6.45) is 3.46. The highest BCUT2D eigenvalue weighted by molar-refractivity contribution is 6.34. The molecule has 0 atom stereocenters. The molecule has 6 nitrogen and oxygen atoms in total. The van der Waals surface area contributed by atoms with Gasteiger partial charge in [0.15, 0.2) is 0 Å². The fourth-order valence-corrected chi connectivity index (χ4v) is 3.18. The van der Waals surface area contributed by atoms with Crippen LogP contribution in [-0.4, -0.2) is 23.9 Å². The first-order valence-electron chi connectivity index (χ1n) is 8.15. The Balaban J connectivity index is 1.86. The molecule has 130 valence electrons. The van der Waals surface area contributed by atoms with Crippen LogP contribution in [0.2, 0.25) is 5.02 Å². The van der Waals surface area contributed by atoms with E-state index in [-0.39, 0.29) is 16.3 Å². The summed E-state index contributed by atoms with van der Waals surface area (Å²) in [6, 6.07) is 11.4. The second-order valence-corrected chi connectivity index (χ2v) is 6.35. The number of rotatable bonds is 4. The lowest BCUT2D eigenvalue weighted by Gasteiger charge is -2.30. The lowest BCUT2D eigenvalue weighted by Crippen LogP contribution is -2.30. The minimum Gasteiger partial charge on any atom is -0.370 e. The molecule has 1 amide bonds. The van der Waals surface area contributed by atoms with Crippen LogP contribution in [0.25, 0.3) is 0 Å². The second kappa shape index (κ2) is 7.53. The molecule has 7 heteroatoms. The number of para-hydroxylation sites is 2. The predicted molar refractivity (Wildman–Crippen MR) is 98.6 cm³/mol. The van der Waals surface area contributed by atoms with Crippen molar-refractivity contribution in [1.29, 1.82) is 0 Å². The van der Waals surface area contributed by atoms with Gasteiger partial charge in [-0.3, -0.25) is 14.9 Å². The van der Waals surface area contributed by atoms with Crippen molar-refractivity contribution < 1.29 is 9.72 Å². The number of carbonyl (C=O) groups excluding carboxylic acids is 1. The Morgan fingerprint density at radius 3 is 2.56 bits per heavy atom. The summed E-state index contributed by atoms with van der Waals surface area (Å²) < 4.78 is 0. The molecule has 1 aliphatic heterocycles. The number of anilines is 2. The SMILES string of the molecule is O=C(Nc1ccccc1N1CCCCC1)c1cc([N+](=O)[O-])ccc1Cl. The Morgan fingerprint density at radius 2 is 1.84 bits per heavy atom. The van der Waals surface area contributed by atoms with Gasteiger partial charge >= 0.3 is 0 Å². The van der Waals surface area contributed by atoms with E-state index >= 15 is 0 Å². The maximum atomic E-state index is 12.6. The first-order chi connectivity index (χ1) is 12.1. The lowest BCUT2D eigenvalue weighted by atomic mass is 10.1. The molecule has 3 rings (SSSR count). The zero-order chi connectivity index (χ0) is 17.8. The summed E-state index contributed by atoms with van der Waals surface area (Å²) >= 11 is 6.06. The molecule has 0 bridgehead atoms. The molecule has 1 N–H and O–H groups in total. The highest BCUT2D eigenvalue weighted by Crippen LogP contribution is 2.30. The standard InChI is InChI=1S/C18H18ClN3O3/c19-15-9-8-13(22(24)25)12-14(15)18(23)20-16-6-2-3-7-17(16)21-10-4-1-5-11-21/h2-3,6-9,12H,1,4-5,10-11H2,(H,20,23). The Kier molecular flexibility index (Phi) is 5.19. The van der Waals surface area contributed by atoms with E-state index in [0.717, 1.165) is 31.6 Å². The monoisotopic (exact) mass is 359 g/mol. The Bertz CT molecular complexity index is 804.